The third-order valence-corrected chi connectivity index (χ3v) is 4.99. The SMILES string of the molecule is CC(C)C[C@H](NC(=O)CCS(=O)c1ccc2c(c1)OCCO2)C(=O)O. The molecule has 0 aromatic heterocycles. The maximum absolute atomic E-state index is 12.4. The Morgan fingerprint density at radius 1 is 1.24 bits per heavy atom. The number of carbonyl (C=O) groups excluding carboxylic acids is 1. The van der Waals surface area contributed by atoms with Crippen LogP contribution in [0.4, 0.5) is 0 Å². The molecule has 2 atom stereocenters. The molecular weight excluding hydrogens is 346 g/mol. The fourth-order valence-electron chi connectivity index (χ4n) is 2.43. The Morgan fingerprint density at radius 2 is 1.92 bits per heavy atom. The molecular formula is C17H23NO6S. The van der Waals surface area contributed by atoms with E-state index in [1.807, 2.05) is 13.8 Å². The quantitative estimate of drug-likeness (QED) is 0.721. The van der Waals surface area contributed by atoms with E-state index in [0.29, 0.717) is 36.0 Å². The zero-order valence-corrected chi connectivity index (χ0v) is 15.1. The Labute approximate surface area is 149 Å². The average molecular weight is 369 g/mol. The summed E-state index contributed by atoms with van der Waals surface area (Å²) in [4.78, 5) is 23.7. The zero-order chi connectivity index (χ0) is 18.4. The van der Waals surface area contributed by atoms with Gasteiger partial charge in [0.2, 0.25) is 5.91 Å². The van der Waals surface area contributed by atoms with Gasteiger partial charge in [0.25, 0.3) is 0 Å². The van der Waals surface area contributed by atoms with Gasteiger partial charge in [-0.1, -0.05) is 13.8 Å². The number of nitrogens with one attached hydrogen (secondary N) is 1. The van der Waals surface area contributed by atoms with E-state index in [4.69, 9.17) is 14.6 Å². The number of hydrogen-bond donors (Lipinski definition) is 2. The average Bonchev–Trinajstić information content (AvgIpc) is 2.58. The first-order chi connectivity index (χ1) is 11.9. The highest BCUT2D eigenvalue weighted by Gasteiger charge is 2.21. The van der Waals surface area contributed by atoms with Crippen LogP contribution in [0.25, 0.3) is 0 Å². The number of hydrogen-bond acceptors (Lipinski definition) is 5. The van der Waals surface area contributed by atoms with Gasteiger partial charge in [-0.2, -0.15) is 0 Å². The Bertz CT molecular complexity index is 661. The maximum atomic E-state index is 12.4. The molecule has 0 spiro atoms. The number of carboxylic acids is 1. The molecule has 0 radical (unpaired) electrons. The maximum Gasteiger partial charge on any atom is 0.326 e. The lowest BCUT2D eigenvalue weighted by Gasteiger charge is -2.18. The molecule has 2 rings (SSSR count). The van der Waals surface area contributed by atoms with Crippen molar-refractivity contribution in [3.8, 4) is 11.5 Å². The lowest BCUT2D eigenvalue weighted by atomic mass is 10.0. The van der Waals surface area contributed by atoms with Crippen LogP contribution in [0, 0.1) is 5.92 Å². The summed E-state index contributed by atoms with van der Waals surface area (Å²) in [7, 11) is -1.38. The van der Waals surface area contributed by atoms with E-state index in [1.165, 1.54) is 0 Å². The third-order valence-electron chi connectivity index (χ3n) is 3.63. The van der Waals surface area contributed by atoms with Crippen LogP contribution < -0.4 is 14.8 Å². The van der Waals surface area contributed by atoms with Crippen LogP contribution in [-0.4, -0.2) is 46.2 Å². The van der Waals surface area contributed by atoms with E-state index < -0.39 is 28.7 Å². The molecule has 1 amide bonds. The summed E-state index contributed by atoms with van der Waals surface area (Å²) in [5.41, 5.74) is 0. The zero-order valence-electron chi connectivity index (χ0n) is 14.3. The Morgan fingerprint density at radius 3 is 2.56 bits per heavy atom. The number of carbonyl (C=O) groups is 2. The van der Waals surface area contributed by atoms with Gasteiger partial charge in [-0.25, -0.2) is 4.79 Å². The summed E-state index contributed by atoms with van der Waals surface area (Å²) in [6.45, 7) is 4.70. The molecule has 25 heavy (non-hydrogen) atoms. The minimum absolute atomic E-state index is 0.0110. The van der Waals surface area contributed by atoms with Crippen LogP contribution in [0.3, 0.4) is 0 Å². The summed E-state index contributed by atoms with van der Waals surface area (Å²) < 4.78 is 23.2. The standard InChI is InChI=1S/C17H23NO6S/c1-11(2)9-13(17(20)21)18-16(19)5-8-25(22)12-3-4-14-15(10-12)24-7-6-23-14/h3-4,10-11,13H,5-9H2,1-2H3,(H,18,19)(H,20,21)/t13-,25?/m0/s1. The molecule has 0 bridgehead atoms. The summed E-state index contributed by atoms with van der Waals surface area (Å²) >= 11 is 0. The summed E-state index contributed by atoms with van der Waals surface area (Å²) in [5.74, 6) is -0.0613. The number of rotatable bonds is 8. The molecule has 1 aliphatic heterocycles. The fourth-order valence-corrected chi connectivity index (χ4v) is 3.49. The highest BCUT2D eigenvalue weighted by atomic mass is 32.2. The van der Waals surface area contributed by atoms with Gasteiger partial charge >= 0.3 is 5.97 Å². The van der Waals surface area contributed by atoms with Crippen molar-refractivity contribution >= 4 is 22.7 Å². The van der Waals surface area contributed by atoms with Crippen molar-refractivity contribution < 1.29 is 28.4 Å². The topological polar surface area (TPSA) is 102 Å². The highest BCUT2D eigenvalue weighted by Crippen LogP contribution is 2.31. The van der Waals surface area contributed by atoms with Crippen LogP contribution in [0.5, 0.6) is 11.5 Å². The lowest BCUT2D eigenvalue weighted by Crippen LogP contribution is -2.42. The van der Waals surface area contributed by atoms with Crippen molar-refractivity contribution in [2.24, 2.45) is 5.92 Å². The molecule has 7 nitrogen and oxygen atoms in total. The largest absolute Gasteiger partial charge is 0.486 e. The molecule has 0 fully saturated rings. The van der Waals surface area contributed by atoms with Gasteiger partial charge in [0, 0.05) is 23.1 Å². The number of ether oxygens (including phenoxy) is 2. The van der Waals surface area contributed by atoms with Crippen LogP contribution >= 0.6 is 0 Å². The number of fused-ring (bicyclic) bond motifs is 1. The van der Waals surface area contributed by atoms with Gasteiger partial charge in [0.15, 0.2) is 11.5 Å². The van der Waals surface area contributed by atoms with Crippen molar-refractivity contribution in [3.63, 3.8) is 0 Å². The molecule has 1 aromatic carbocycles. The second kappa shape index (κ2) is 8.84. The number of aliphatic carboxylic acids is 1. The second-order valence-electron chi connectivity index (χ2n) is 6.19. The third kappa shape index (κ3) is 5.74. The number of amides is 1. The van der Waals surface area contributed by atoms with Gasteiger partial charge in [-0.3, -0.25) is 9.00 Å². The van der Waals surface area contributed by atoms with Gasteiger partial charge in [-0.05, 0) is 24.5 Å². The van der Waals surface area contributed by atoms with E-state index in [0.717, 1.165) is 0 Å². The number of benzene rings is 1. The smallest absolute Gasteiger partial charge is 0.326 e. The minimum Gasteiger partial charge on any atom is -0.486 e. The molecule has 0 saturated carbocycles. The molecule has 0 saturated heterocycles. The van der Waals surface area contributed by atoms with Crippen molar-refractivity contribution in [2.75, 3.05) is 19.0 Å². The monoisotopic (exact) mass is 369 g/mol. The van der Waals surface area contributed by atoms with Crippen molar-refractivity contribution in [1.82, 2.24) is 5.32 Å². The lowest BCUT2D eigenvalue weighted by molar-refractivity contribution is -0.142. The van der Waals surface area contributed by atoms with Crippen LogP contribution in [-0.2, 0) is 20.4 Å². The van der Waals surface area contributed by atoms with Gasteiger partial charge in [0.05, 0.1) is 10.8 Å². The van der Waals surface area contributed by atoms with Gasteiger partial charge in [-0.15, -0.1) is 0 Å². The van der Waals surface area contributed by atoms with E-state index in [-0.39, 0.29) is 18.1 Å². The first-order valence-corrected chi connectivity index (χ1v) is 9.49. The van der Waals surface area contributed by atoms with Crippen LogP contribution in [0.15, 0.2) is 23.1 Å². The Balaban J connectivity index is 1.88. The van der Waals surface area contributed by atoms with E-state index in [1.54, 1.807) is 18.2 Å². The van der Waals surface area contributed by atoms with Gasteiger partial charge in [0.1, 0.15) is 19.3 Å². The first-order valence-electron chi connectivity index (χ1n) is 8.17. The molecule has 1 heterocycles. The van der Waals surface area contributed by atoms with Crippen molar-refractivity contribution in [1.29, 1.82) is 0 Å². The molecule has 2 N–H and O–H groups in total. The van der Waals surface area contributed by atoms with E-state index in [2.05, 4.69) is 5.32 Å². The normalized spacial score (nSPS) is 15.5. The fraction of sp³-hybridized carbons (Fsp3) is 0.529. The van der Waals surface area contributed by atoms with Crippen molar-refractivity contribution in [3.05, 3.63) is 18.2 Å². The predicted octanol–water partition coefficient (Wildman–Crippen LogP) is 1.57. The van der Waals surface area contributed by atoms with Gasteiger partial charge < -0.3 is 19.9 Å². The first kappa shape index (κ1) is 19.2. The molecule has 138 valence electrons. The minimum atomic E-state index is -1.38. The predicted molar refractivity (Wildman–Crippen MR) is 92.3 cm³/mol. The molecule has 1 unspecified atom stereocenters. The highest BCUT2D eigenvalue weighted by molar-refractivity contribution is 7.85. The van der Waals surface area contributed by atoms with E-state index >= 15 is 0 Å². The molecule has 1 aliphatic rings. The summed E-state index contributed by atoms with van der Waals surface area (Å²) in [5, 5.41) is 11.6. The molecule has 0 aliphatic carbocycles. The Hall–Kier alpha value is -2.09. The second-order valence-corrected chi connectivity index (χ2v) is 7.76. The van der Waals surface area contributed by atoms with Crippen molar-refractivity contribution in [2.45, 2.75) is 37.6 Å². The summed E-state index contributed by atoms with van der Waals surface area (Å²) in [6, 6.07) is 4.11. The number of carboxylic acid groups (broad SMARTS) is 1. The molecule has 8 heteroatoms. The van der Waals surface area contributed by atoms with Crippen LogP contribution in [0.2, 0.25) is 0 Å². The van der Waals surface area contributed by atoms with Crippen LogP contribution in [0.1, 0.15) is 26.7 Å². The summed E-state index contributed by atoms with van der Waals surface area (Å²) in [6.07, 6.45) is 0.343. The molecule has 1 aromatic rings. The van der Waals surface area contributed by atoms with E-state index in [9.17, 15) is 13.8 Å². The Kier molecular flexibility index (Phi) is 6.81.